The molecule has 1 saturated carbocycles. The number of rotatable bonds is 8. The van der Waals surface area contributed by atoms with Gasteiger partial charge in [-0.3, -0.25) is 0 Å². The maximum Gasteiger partial charge on any atom is 0.131 e. The first kappa shape index (κ1) is 23.5. The van der Waals surface area contributed by atoms with E-state index in [1.165, 1.54) is 31.2 Å². The Hall–Kier alpha value is -2.65. The van der Waals surface area contributed by atoms with Crippen LogP contribution >= 0.6 is 0 Å². The van der Waals surface area contributed by atoms with Gasteiger partial charge in [0.05, 0.1) is 0 Å². The third kappa shape index (κ3) is 5.65. The summed E-state index contributed by atoms with van der Waals surface area (Å²) in [6, 6.07) is 22.6. The quantitative estimate of drug-likeness (QED) is 0.369. The topological polar surface area (TPSA) is 38.0 Å². The molecule has 1 aliphatic carbocycles. The van der Waals surface area contributed by atoms with Gasteiger partial charge in [0.1, 0.15) is 5.82 Å². The number of benzene rings is 3. The molecule has 0 aliphatic heterocycles. The highest BCUT2D eigenvalue weighted by atomic mass is 19.1. The summed E-state index contributed by atoms with van der Waals surface area (Å²) in [7, 11) is 0. The minimum atomic E-state index is -0.178. The number of nitrogens with one attached hydrogen (secondary N) is 1. The van der Waals surface area contributed by atoms with E-state index >= 15 is 4.39 Å². The van der Waals surface area contributed by atoms with E-state index in [1.54, 1.807) is 6.07 Å². The van der Waals surface area contributed by atoms with E-state index in [4.69, 9.17) is 5.73 Å². The van der Waals surface area contributed by atoms with E-state index in [9.17, 15) is 0 Å². The van der Waals surface area contributed by atoms with Crippen molar-refractivity contribution in [1.29, 1.82) is 0 Å². The summed E-state index contributed by atoms with van der Waals surface area (Å²) in [5, 5.41) is 3.37. The van der Waals surface area contributed by atoms with Crippen molar-refractivity contribution in [2.24, 2.45) is 11.7 Å². The molecule has 4 rings (SSSR count). The van der Waals surface area contributed by atoms with E-state index in [2.05, 4.69) is 55.6 Å². The lowest BCUT2D eigenvalue weighted by Crippen LogP contribution is -2.32. The minimum absolute atomic E-state index is 0.178. The molecule has 0 radical (unpaired) electrons. The van der Waals surface area contributed by atoms with Crippen LogP contribution in [-0.4, -0.2) is 12.6 Å². The number of hydrogen-bond donors (Lipinski definition) is 2. The van der Waals surface area contributed by atoms with E-state index in [1.807, 2.05) is 24.3 Å². The largest absolute Gasteiger partial charge is 0.385 e. The second kappa shape index (κ2) is 11.0. The molecule has 174 valence electrons. The van der Waals surface area contributed by atoms with Crippen LogP contribution in [0.15, 0.2) is 66.7 Å². The Morgan fingerprint density at radius 2 is 1.48 bits per heavy atom. The van der Waals surface area contributed by atoms with E-state index in [0.717, 1.165) is 41.8 Å². The van der Waals surface area contributed by atoms with Gasteiger partial charge < -0.3 is 11.1 Å². The van der Waals surface area contributed by atoms with Crippen LogP contribution in [0.25, 0.3) is 22.3 Å². The Morgan fingerprint density at radius 3 is 2.09 bits per heavy atom. The summed E-state index contributed by atoms with van der Waals surface area (Å²) in [6.45, 7) is 5.28. The standard InChI is InChI=1S/C30H37FN2/c1-3-19-33-27-16-13-23(14-17-27)26-15-18-28(29(31)20-26)24-9-5-21(6-10-24)22-7-11-25(12-8-22)30(32)4-2/h5-6,9-10,13-18,20,22,25,30,33H,3-4,7-8,11-12,19,32H2,1-2H3. The van der Waals surface area contributed by atoms with Crippen molar-refractivity contribution in [3.63, 3.8) is 0 Å². The van der Waals surface area contributed by atoms with Gasteiger partial charge in [-0.1, -0.05) is 62.4 Å². The van der Waals surface area contributed by atoms with Crippen molar-refractivity contribution in [3.8, 4) is 22.3 Å². The smallest absolute Gasteiger partial charge is 0.131 e. The molecule has 0 heterocycles. The number of nitrogens with two attached hydrogens (primary N) is 1. The number of anilines is 1. The Balaban J connectivity index is 1.43. The van der Waals surface area contributed by atoms with Crippen molar-refractivity contribution in [3.05, 3.63) is 78.1 Å². The van der Waals surface area contributed by atoms with Crippen molar-refractivity contribution in [2.75, 3.05) is 11.9 Å². The highest BCUT2D eigenvalue weighted by molar-refractivity contribution is 5.72. The third-order valence-electron chi connectivity index (χ3n) is 7.31. The van der Waals surface area contributed by atoms with Gasteiger partial charge in [-0.25, -0.2) is 4.39 Å². The zero-order valence-corrected chi connectivity index (χ0v) is 20.0. The van der Waals surface area contributed by atoms with Crippen LogP contribution in [0.5, 0.6) is 0 Å². The molecule has 33 heavy (non-hydrogen) atoms. The summed E-state index contributed by atoms with van der Waals surface area (Å²) in [4.78, 5) is 0. The molecular formula is C30H37FN2. The van der Waals surface area contributed by atoms with Gasteiger partial charge in [-0.05, 0) is 90.8 Å². The maximum absolute atomic E-state index is 15.1. The van der Waals surface area contributed by atoms with E-state index < -0.39 is 0 Å². The highest BCUT2D eigenvalue weighted by Crippen LogP contribution is 2.38. The van der Waals surface area contributed by atoms with Crippen molar-refractivity contribution in [2.45, 2.75) is 64.3 Å². The molecule has 3 heteroatoms. The third-order valence-corrected chi connectivity index (χ3v) is 7.31. The molecule has 0 aromatic heterocycles. The van der Waals surface area contributed by atoms with Crippen LogP contribution in [0.3, 0.4) is 0 Å². The predicted octanol–water partition coefficient (Wildman–Crippen LogP) is 7.99. The lowest BCUT2D eigenvalue weighted by molar-refractivity contribution is 0.277. The van der Waals surface area contributed by atoms with Gasteiger partial charge >= 0.3 is 0 Å². The van der Waals surface area contributed by atoms with Gasteiger partial charge in [0.15, 0.2) is 0 Å². The minimum Gasteiger partial charge on any atom is -0.385 e. The normalized spacial score (nSPS) is 19.3. The average Bonchev–Trinajstić information content (AvgIpc) is 2.87. The lowest BCUT2D eigenvalue weighted by Gasteiger charge is -2.32. The first-order valence-corrected chi connectivity index (χ1v) is 12.6. The van der Waals surface area contributed by atoms with Crippen molar-refractivity contribution in [1.82, 2.24) is 0 Å². The fourth-order valence-electron chi connectivity index (χ4n) is 5.13. The maximum atomic E-state index is 15.1. The van der Waals surface area contributed by atoms with E-state index in [0.29, 0.717) is 23.4 Å². The van der Waals surface area contributed by atoms with Crippen LogP contribution in [0.2, 0.25) is 0 Å². The number of hydrogen-bond acceptors (Lipinski definition) is 2. The van der Waals surface area contributed by atoms with Crippen molar-refractivity contribution >= 4 is 5.69 Å². The van der Waals surface area contributed by atoms with Crippen LogP contribution in [-0.2, 0) is 0 Å². The molecule has 3 N–H and O–H groups in total. The van der Waals surface area contributed by atoms with Gasteiger partial charge in [-0.15, -0.1) is 0 Å². The molecule has 1 unspecified atom stereocenters. The highest BCUT2D eigenvalue weighted by Gasteiger charge is 2.25. The molecule has 1 fully saturated rings. The second-order valence-corrected chi connectivity index (χ2v) is 9.50. The lowest BCUT2D eigenvalue weighted by atomic mass is 9.75. The molecule has 1 aliphatic rings. The van der Waals surface area contributed by atoms with Crippen LogP contribution in [0.4, 0.5) is 10.1 Å². The Labute approximate surface area is 198 Å². The first-order chi connectivity index (χ1) is 16.1. The molecule has 0 amide bonds. The molecule has 0 bridgehead atoms. The molecule has 2 nitrogen and oxygen atoms in total. The Kier molecular flexibility index (Phi) is 7.82. The zero-order valence-electron chi connectivity index (χ0n) is 20.0. The SMILES string of the molecule is CCCNc1ccc(-c2ccc(-c3ccc(C4CCC(C(N)CC)CC4)cc3)c(F)c2)cc1. The van der Waals surface area contributed by atoms with Crippen LogP contribution in [0, 0.1) is 11.7 Å². The molecule has 3 aromatic rings. The van der Waals surface area contributed by atoms with E-state index in [-0.39, 0.29) is 5.82 Å². The van der Waals surface area contributed by atoms with Gasteiger partial charge in [0.25, 0.3) is 0 Å². The predicted molar refractivity (Wildman–Crippen MR) is 139 cm³/mol. The second-order valence-electron chi connectivity index (χ2n) is 9.50. The summed E-state index contributed by atoms with van der Waals surface area (Å²) in [5.41, 5.74) is 12.2. The summed E-state index contributed by atoms with van der Waals surface area (Å²) in [5.74, 6) is 1.09. The molecule has 3 aromatic carbocycles. The van der Waals surface area contributed by atoms with Gasteiger partial charge in [-0.2, -0.15) is 0 Å². The monoisotopic (exact) mass is 444 g/mol. The first-order valence-electron chi connectivity index (χ1n) is 12.6. The fraction of sp³-hybridized carbons (Fsp3) is 0.400. The van der Waals surface area contributed by atoms with Crippen LogP contribution in [0.1, 0.15) is 63.9 Å². The Bertz CT molecular complexity index is 1020. The summed E-state index contributed by atoms with van der Waals surface area (Å²) >= 11 is 0. The number of halogens is 1. The van der Waals surface area contributed by atoms with Crippen LogP contribution < -0.4 is 11.1 Å². The fourth-order valence-corrected chi connectivity index (χ4v) is 5.13. The molecule has 0 saturated heterocycles. The van der Waals surface area contributed by atoms with Crippen molar-refractivity contribution < 1.29 is 4.39 Å². The molecule has 1 atom stereocenters. The Morgan fingerprint density at radius 1 is 0.848 bits per heavy atom. The van der Waals surface area contributed by atoms with Gasteiger partial charge in [0, 0.05) is 23.8 Å². The van der Waals surface area contributed by atoms with Gasteiger partial charge in [0.2, 0.25) is 0 Å². The molecular weight excluding hydrogens is 407 g/mol. The average molecular weight is 445 g/mol. The summed E-state index contributed by atoms with van der Waals surface area (Å²) < 4.78 is 15.1. The summed E-state index contributed by atoms with van der Waals surface area (Å²) in [6.07, 6.45) is 6.99. The molecule has 0 spiro atoms. The zero-order chi connectivity index (χ0) is 23.2.